The van der Waals surface area contributed by atoms with E-state index in [1.54, 1.807) is 36.4 Å². The highest BCUT2D eigenvalue weighted by molar-refractivity contribution is 6.14. The van der Waals surface area contributed by atoms with Crippen molar-refractivity contribution in [3.63, 3.8) is 0 Å². The lowest BCUT2D eigenvalue weighted by Crippen LogP contribution is -2.32. The van der Waals surface area contributed by atoms with Gasteiger partial charge in [-0.3, -0.25) is 30.2 Å². The highest BCUT2D eigenvalue weighted by atomic mass is 16.6. The number of nitrogens with zero attached hydrogens (tertiary/aromatic N) is 11. The van der Waals surface area contributed by atoms with Crippen LogP contribution in [0.2, 0.25) is 0 Å². The summed E-state index contributed by atoms with van der Waals surface area (Å²) in [6.45, 7) is 1.48. The largest absolute Gasteiger partial charge is 0.399 e. The molecule has 6 aromatic heterocycles. The minimum atomic E-state index is -0.508. The van der Waals surface area contributed by atoms with Gasteiger partial charge in [-0.1, -0.05) is 77.9 Å². The van der Waals surface area contributed by atoms with Gasteiger partial charge in [-0.15, -0.1) is 0 Å². The van der Waals surface area contributed by atoms with Crippen molar-refractivity contribution < 1.29 is 24.6 Å². The number of carbonyl (C=O) groups excluding carboxylic acids is 1. The van der Waals surface area contributed by atoms with Crippen LogP contribution in [0.5, 0.6) is 0 Å². The molecule has 22 rings (SSSR count). The first-order valence-corrected chi connectivity index (χ1v) is 42.1. The highest BCUT2D eigenvalue weighted by Gasteiger charge is 2.23. The van der Waals surface area contributed by atoms with E-state index in [2.05, 4.69) is 57.6 Å². The third kappa shape index (κ3) is 19.6. The molecule has 0 atom stereocenters. The normalized spacial score (nSPS) is 10.9. The summed E-state index contributed by atoms with van der Waals surface area (Å²) in [5.74, 6) is -0.0932. The molecule has 135 heavy (non-hydrogen) atoms. The van der Waals surface area contributed by atoms with Crippen LogP contribution in [-0.4, -0.2) is 45.9 Å². The number of fused-ring (bicyclic) bond motifs is 12. The smallest absolute Gasteiger partial charge is 0.271 e. The zero-order chi connectivity index (χ0) is 94.1. The van der Waals surface area contributed by atoms with Crippen LogP contribution in [0.3, 0.4) is 0 Å². The van der Waals surface area contributed by atoms with Gasteiger partial charge < -0.3 is 78.2 Å². The van der Waals surface area contributed by atoms with Crippen molar-refractivity contribution in [2.75, 3.05) is 78.2 Å². The number of benzene rings is 16. The molecule has 0 aliphatic carbocycles. The molecule has 0 fully saturated rings. The summed E-state index contributed by atoms with van der Waals surface area (Å²) in [5, 5.41) is 64.1. The van der Waals surface area contributed by atoms with Crippen molar-refractivity contribution in [2.45, 2.75) is 6.92 Å². The van der Waals surface area contributed by atoms with Crippen LogP contribution in [0.4, 0.5) is 119 Å². The van der Waals surface area contributed by atoms with Crippen LogP contribution in [0.25, 0.3) is 141 Å². The molecule has 0 bridgehead atoms. The number of nitrogens with two attached hydrogens (primary N) is 9. The summed E-state index contributed by atoms with van der Waals surface area (Å²) in [6.07, 6.45) is 0. The van der Waals surface area contributed by atoms with E-state index in [4.69, 9.17) is 67.1 Å². The molecule has 1 amide bonds. The third-order valence-corrected chi connectivity index (χ3v) is 22.0. The minimum absolute atomic E-state index is 0.0932. The topological polar surface area (TPSA) is 535 Å². The first-order chi connectivity index (χ1) is 65.4. The molecule has 16 aromatic carbocycles. The number of nitrogens with one attached hydrogen (secondary N) is 5. The SMILES string of the molecule is CC(=O)Nc1ccc2cc3ccc(N)cc3nc2c1.Nc1ccc(Nc2c3ccc(N)cc3nc3cc(N)ccc23)cc1.Nc1ccc(Nc2c3ccc(N)cc3nc3cc(N)ccc23)cc1.Nc1ccc(Nc2c3ccc([N+](=O)[O-])cc3nc3cc([N+](=O)[O-])ccc23)cc1.Nc1ccc(Nc2c3ccccc3[n+](O)c3ccccc23)cc1.[N-]=[N+]=Nc1c2ccccc2nc2ccccc12. The van der Waals surface area contributed by atoms with Crippen molar-refractivity contribution in [2.24, 2.45) is 5.11 Å². The van der Waals surface area contributed by atoms with Gasteiger partial charge in [0.25, 0.3) is 22.4 Å². The first-order valence-electron chi connectivity index (χ1n) is 42.1. The van der Waals surface area contributed by atoms with E-state index >= 15 is 0 Å². The minimum Gasteiger partial charge on any atom is -0.399 e. The predicted molar refractivity (Wildman–Crippen MR) is 550 cm³/mol. The number of azide groups is 1. The number of aromatic nitrogens is 6. The van der Waals surface area contributed by atoms with Crippen LogP contribution in [0, 0.1) is 20.2 Å². The molecule has 0 aliphatic heterocycles. The monoisotopic (exact) mass is 1780 g/mol. The van der Waals surface area contributed by atoms with Crippen LogP contribution in [0.1, 0.15) is 6.92 Å². The molecular weight excluding hydrogens is 1700 g/mol. The van der Waals surface area contributed by atoms with Gasteiger partial charge in [-0.05, 0) is 242 Å². The first kappa shape index (κ1) is 87.4. The zero-order valence-corrected chi connectivity index (χ0v) is 72.0. The second-order valence-electron chi connectivity index (χ2n) is 31.4. The van der Waals surface area contributed by atoms with Crippen molar-refractivity contribution in [3.8, 4) is 0 Å². The summed E-state index contributed by atoms with van der Waals surface area (Å²) in [7, 11) is 0. The molecule has 660 valence electrons. The number of carbonyl (C=O) groups is 1. The van der Waals surface area contributed by atoms with E-state index in [1.165, 1.54) is 35.9 Å². The van der Waals surface area contributed by atoms with E-state index in [1.807, 2.05) is 279 Å². The van der Waals surface area contributed by atoms with Crippen LogP contribution < -0.4 is 82.9 Å². The molecule has 31 nitrogen and oxygen atoms in total. The maximum Gasteiger partial charge on any atom is 0.271 e. The van der Waals surface area contributed by atoms with Gasteiger partial charge in [0.05, 0.1) is 104 Å². The molecule has 22 aromatic rings. The number of pyridine rings is 6. The fourth-order valence-corrected chi connectivity index (χ4v) is 15.6. The molecule has 0 saturated heterocycles. The molecule has 0 saturated carbocycles. The Morgan fingerprint density at radius 1 is 0.311 bits per heavy atom. The number of nitro groups is 2. The number of para-hydroxylation sites is 4. The summed E-state index contributed by atoms with van der Waals surface area (Å²) < 4.78 is 1.23. The Morgan fingerprint density at radius 3 is 0.926 bits per heavy atom. The lowest BCUT2D eigenvalue weighted by atomic mass is 10.1. The van der Waals surface area contributed by atoms with Crippen LogP contribution >= 0.6 is 0 Å². The van der Waals surface area contributed by atoms with Gasteiger partial charge in [-0.2, -0.15) is 0 Å². The van der Waals surface area contributed by atoms with Gasteiger partial charge in [0.1, 0.15) is 0 Å². The van der Waals surface area contributed by atoms with E-state index in [9.17, 15) is 30.2 Å². The van der Waals surface area contributed by atoms with E-state index in [0.29, 0.717) is 67.3 Å². The molecule has 6 heterocycles. The zero-order valence-electron chi connectivity index (χ0n) is 72.0. The van der Waals surface area contributed by atoms with Gasteiger partial charge in [0, 0.05) is 186 Å². The number of nitrogen functional groups attached to an aromatic ring is 9. The van der Waals surface area contributed by atoms with Crippen LogP contribution in [-0.2, 0) is 4.79 Å². The molecule has 0 radical (unpaired) electrons. The second-order valence-corrected chi connectivity index (χ2v) is 31.4. The molecular formula is C104H84N25O6+. The fourth-order valence-electron chi connectivity index (χ4n) is 15.6. The van der Waals surface area contributed by atoms with Crippen molar-refractivity contribution >= 4 is 256 Å². The molecule has 31 heteroatoms. The van der Waals surface area contributed by atoms with E-state index in [-0.39, 0.29) is 17.3 Å². The Labute approximate surface area is 768 Å². The average molecular weight is 1780 g/mol. The Bertz CT molecular complexity index is 7990. The maximum absolute atomic E-state index is 11.1. The molecule has 0 aliphatic rings. The van der Waals surface area contributed by atoms with Gasteiger partial charge in [0.2, 0.25) is 5.91 Å². The Morgan fingerprint density at radius 2 is 0.578 bits per heavy atom. The highest BCUT2D eigenvalue weighted by Crippen LogP contribution is 2.42. The summed E-state index contributed by atoms with van der Waals surface area (Å²) in [6, 6.07) is 106. The van der Waals surface area contributed by atoms with E-state index in [0.717, 1.165) is 172 Å². The maximum atomic E-state index is 11.1. The number of hydrogen-bond acceptors (Lipinski definition) is 25. The Kier molecular flexibility index (Phi) is 24.7. The molecule has 0 spiro atoms. The lowest BCUT2D eigenvalue weighted by molar-refractivity contribution is -0.864. The summed E-state index contributed by atoms with van der Waals surface area (Å²) >= 11 is 0. The standard InChI is InChI=1S/C19H13N5O4.2C19H17N5.C19H15N3O.C15H13N3O.C13H8N4/c20-11-1-3-12(4-2-11)21-19-15-7-5-13(23(25)26)9-17(15)22-18-10-14(24(27)28)6-8-16(18)19;2*20-11-1-5-14(6-2-11)23-19-15-7-3-12(21)9-17(15)24-18-10-13(22)4-8-16(18)19;20-13-9-11-14(12-10-13)21-19-15-5-1-3-7-17(15)22(23)18-8-4-2-6-16(18)19;1-9(19)17-13-5-3-11-6-10-2-4-12(16)7-14(10)18-15(11)8-13;14-17-16-13-9-5-1-3-7-11(9)15-12-8-4-2-6-10(12)13/h1-10H,20H2,(H,21,22);2*1-10H,20-22H2,(H,23,24);1-12,23H,20H2;2-8H,16H2,1H3,(H,17,19);1-8H/p+1. The van der Waals surface area contributed by atoms with Crippen molar-refractivity contribution in [1.29, 1.82) is 0 Å². The predicted octanol–water partition coefficient (Wildman–Crippen LogP) is 23.4. The third-order valence-electron chi connectivity index (χ3n) is 22.0. The fraction of sp³-hybridized carbons (Fsp3) is 0.00962. The summed E-state index contributed by atoms with van der Waals surface area (Å²) in [5.41, 5.74) is 84.6. The quantitative estimate of drug-likeness (QED) is 0.00622. The van der Waals surface area contributed by atoms with Gasteiger partial charge in [0.15, 0.2) is 0 Å². The van der Waals surface area contributed by atoms with Crippen molar-refractivity contribution in [1.82, 2.24) is 24.9 Å². The van der Waals surface area contributed by atoms with Crippen LogP contribution in [0.15, 0.2) is 351 Å². The van der Waals surface area contributed by atoms with Crippen molar-refractivity contribution in [3.05, 3.63) is 376 Å². The second kappa shape index (κ2) is 38.1. The van der Waals surface area contributed by atoms with Gasteiger partial charge >= 0.3 is 0 Å². The Balaban J connectivity index is 0.000000113. The van der Waals surface area contributed by atoms with Gasteiger partial charge in [-0.25, -0.2) is 24.9 Å². The number of rotatable bonds is 12. The number of anilines is 18. The average Bonchev–Trinajstić information content (AvgIpc) is 0.760. The lowest BCUT2D eigenvalue weighted by Gasteiger charge is -2.14. The molecule has 24 N–H and O–H groups in total. The number of amides is 1. The summed E-state index contributed by atoms with van der Waals surface area (Å²) in [4.78, 5) is 58.1. The number of hydrogen-bond donors (Lipinski definition) is 15. The number of nitro benzene ring substituents is 2. The Hall–Kier alpha value is -19.7. The number of non-ortho nitro benzene ring substituents is 2. The van der Waals surface area contributed by atoms with E-state index < -0.39 is 9.85 Å². The molecule has 0 unspecified atom stereocenters.